The van der Waals surface area contributed by atoms with E-state index in [-0.39, 0.29) is 0 Å². The minimum atomic E-state index is 0.901. The number of fused-ring (bicyclic) bond motifs is 4. The maximum Gasteiger partial charge on any atom is 0.143 e. The fourth-order valence-electron chi connectivity index (χ4n) is 9.45. The van der Waals surface area contributed by atoms with Crippen LogP contribution in [0.3, 0.4) is 0 Å². The molecule has 12 rings (SSSR count). The molecule has 0 aliphatic rings. The zero-order valence-electron chi connectivity index (χ0n) is 36.2. The van der Waals surface area contributed by atoms with Crippen LogP contribution in [0, 0.1) is 0 Å². The first-order valence-corrected chi connectivity index (χ1v) is 22.6. The van der Waals surface area contributed by atoms with E-state index in [0.717, 1.165) is 55.7 Å². The van der Waals surface area contributed by atoms with Crippen LogP contribution >= 0.6 is 0 Å². The van der Waals surface area contributed by atoms with Gasteiger partial charge < -0.3 is 9.32 Å². The predicted octanol–water partition coefficient (Wildman–Crippen LogP) is 18.2. The van der Waals surface area contributed by atoms with Gasteiger partial charge in [0, 0.05) is 33.4 Å². The normalized spacial score (nSPS) is 11.3. The monoisotopic (exact) mass is 841 g/mol. The van der Waals surface area contributed by atoms with Crippen LogP contribution in [0.5, 0.6) is 0 Å². The number of para-hydroxylation sites is 2. The summed E-state index contributed by atoms with van der Waals surface area (Å²) < 4.78 is 6.45. The number of rotatable bonds is 9. The predicted molar refractivity (Wildman–Crippen MR) is 279 cm³/mol. The van der Waals surface area contributed by atoms with Gasteiger partial charge in [-0.1, -0.05) is 188 Å². The topological polar surface area (TPSA) is 16.4 Å². The lowest BCUT2D eigenvalue weighted by Crippen LogP contribution is -2.09. The van der Waals surface area contributed by atoms with Crippen molar-refractivity contribution in [2.75, 3.05) is 4.90 Å². The zero-order chi connectivity index (χ0) is 43.8. The van der Waals surface area contributed by atoms with Gasteiger partial charge in [-0.2, -0.15) is 0 Å². The van der Waals surface area contributed by atoms with E-state index in [1.54, 1.807) is 0 Å². The molecule has 12 aromatic rings. The van der Waals surface area contributed by atoms with E-state index < -0.39 is 0 Å². The number of hydrogen-bond donors (Lipinski definition) is 0. The molecule has 1 heterocycles. The summed E-state index contributed by atoms with van der Waals surface area (Å²) in [5.74, 6) is 0. The van der Waals surface area contributed by atoms with Crippen LogP contribution in [0.4, 0.5) is 17.1 Å². The molecule has 0 spiro atoms. The molecule has 0 amide bonds. The highest BCUT2D eigenvalue weighted by Crippen LogP contribution is 2.41. The largest absolute Gasteiger partial charge is 0.455 e. The van der Waals surface area contributed by atoms with E-state index in [1.165, 1.54) is 60.8 Å². The van der Waals surface area contributed by atoms with E-state index in [9.17, 15) is 0 Å². The van der Waals surface area contributed by atoms with E-state index >= 15 is 0 Å². The molecule has 0 bridgehead atoms. The molecule has 0 fully saturated rings. The lowest BCUT2D eigenvalue weighted by Gasteiger charge is -2.26. The van der Waals surface area contributed by atoms with Crippen LogP contribution < -0.4 is 4.90 Å². The Bertz CT molecular complexity index is 3610. The summed E-state index contributed by atoms with van der Waals surface area (Å²) in [6.07, 6.45) is 0. The fourth-order valence-corrected chi connectivity index (χ4v) is 9.45. The highest BCUT2D eigenvalue weighted by atomic mass is 16.3. The Hall–Kier alpha value is -8.72. The molecule has 0 N–H and O–H groups in total. The van der Waals surface area contributed by atoms with Crippen molar-refractivity contribution in [3.8, 4) is 66.8 Å². The Morgan fingerprint density at radius 3 is 1.27 bits per heavy atom. The molecular weight excluding hydrogens is 799 g/mol. The van der Waals surface area contributed by atoms with E-state index in [2.05, 4.69) is 254 Å². The van der Waals surface area contributed by atoms with Gasteiger partial charge in [0.05, 0.1) is 0 Å². The summed E-state index contributed by atoms with van der Waals surface area (Å²) in [7, 11) is 0. The smallest absolute Gasteiger partial charge is 0.143 e. The second kappa shape index (κ2) is 16.8. The lowest BCUT2D eigenvalue weighted by atomic mass is 9.93. The molecular formula is C64H43NO. The van der Waals surface area contributed by atoms with Gasteiger partial charge in [0.2, 0.25) is 0 Å². The second-order valence-corrected chi connectivity index (χ2v) is 16.9. The summed E-state index contributed by atoms with van der Waals surface area (Å²) in [6.45, 7) is 0. The van der Waals surface area contributed by atoms with Crippen molar-refractivity contribution in [1.29, 1.82) is 0 Å². The van der Waals surface area contributed by atoms with Crippen LogP contribution in [-0.2, 0) is 0 Å². The van der Waals surface area contributed by atoms with Crippen molar-refractivity contribution >= 4 is 49.8 Å². The molecule has 0 saturated carbocycles. The highest BCUT2D eigenvalue weighted by Gasteiger charge is 2.17. The van der Waals surface area contributed by atoms with Gasteiger partial charge in [0.25, 0.3) is 0 Å². The van der Waals surface area contributed by atoms with Gasteiger partial charge in [-0.15, -0.1) is 0 Å². The third kappa shape index (κ3) is 7.41. The third-order valence-corrected chi connectivity index (χ3v) is 12.9. The molecule has 0 atom stereocenters. The van der Waals surface area contributed by atoms with Gasteiger partial charge >= 0.3 is 0 Å². The summed E-state index contributed by atoms with van der Waals surface area (Å²) in [5.41, 5.74) is 19.1. The number of benzene rings is 11. The molecule has 0 aliphatic heterocycles. The van der Waals surface area contributed by atoms with Crippen molar-refractivity contribution in [1.82, 2.24) is 0 Å². The van der Waals surface area contributed by atoms with Crippen molar-refractivity contribution < 1.29 is 4.42 Å². The maximum atomic E-state index is 6.45. The quantitative estimate of drug-likeness (QED) is 0.144. The van der Waals surface area contributed by atoms with Crippen molar-refractivity contribution in [3.63, 3.8) is 0 Å². The number of furan rings is 1. The van der Waals surface area contributed by atoms with E-state index in [4.69, 9.17) is 4.42 Å². The average molecular weight is 842 g/mol. The first-order chi connectivity index (χ1) is 32.7. The number of hydrogen-bond acceptors (Lipinski definition) is 2. The highest BCUT2D eigenvalue weighted by molar-refractivity contribution is 6.09. The van der Waals surface area contributed by atoms with Gasteiger partial charge in [-0.25, -0.2) is 0 Å². The van der Waals surface area contributed by atoms with Gasteiger partial charge in [0.1, 0.15) is 11.2 Å². The molecule has 0 radical (unpaired) electrons. The first-order valence-electron chi connectivity index (χ1n) is 22.6. The van der Waals surface area contributed by atoms with E-state index in [0.29, 0.717) is 0 Å². The molecule has 0 saturated heterocycles. The van der Waals surface area contributed by atoms with Crippen LogP contribution in [0.2, 0.25) is 0 Å². The Morgan fingerprint density at radius 2 is 0.652 bits per heavy atom. The van der Waals surface area contributed by atoms with Crippen molar-refractivity contribution in [2.45, 2.75) is 0 Å². The van der Waals surface area contributed by atoms with Gasteiger partial charge in [-0.3, -0.25) is 0 Å². The van der Waals surface area contributed by atoms with Crippen LogP contribution in [-0.4, -0.2) is 0 Å². The Kier molecular flexibility index (Phi) is 9.89. The Labute approximate surface area is 384 Å². The first kappa shape index (κ1) is 38.9. The van der Waals surface area contributed by atoms with Crippen molar-refractivity contribution in [3.05, 3.63) is 261 Å². The molecule has 11 aromatic carbocycles. The van der Waals surface area contributed by atoms with Crippen LogP contribution in [0.15, 0.2) is 265 Å². The molecule has 0 aliphatic carbocycles. The molecule has 2 heteroatoms. The lowest BCUT2D eigenvalue weighted by molar-refractivity contribution is 0.670. The Morgan fingerprint density at radius 1 is 0.242 bits per heavy atom. The van der Waals surface area contributed by atoms with Crippen LogP contribution in [0.1, 0.15) is 0 Å². The second-order valence-electron chi connectivity index (χ2n) is 16.9. The number of anilines is 3. The molecule has 310 valence electrons. The molecule has 66 heavy (non-hydrogen) atoms. The molecule has 1 aromatic heterocycles. The average Bonchev–Trinajstić information content (AvgIpc) is 3.79. The van der Waals surface area contributed by atoms with Crippen LogP contribution in [0.25, 0.3) is 99.5 Å². The van der Waals surface area contributed by atoms with E-state index in [1.807, 2.05) is 12.1 Å². The fraction of sp³-hybridized carbons (Fsp3) is 0. The van der Waals surface area contributed by atoms with Gasteiger partial charge in [-0.05, 0) is 145 Å². The summed E-state index contributed by atoms with van der Waals surface area (Å²) >= 11 is 0. The standard InChI is InChI=1S/C64H43NO/c1-3-13-44(14-4-1)54-41-55(45-15-5-2-6-16-45)43-56(42-54)48-29-35-58(36-30-48)65(59-37-31-49(32-38-59)60-22-12-23-62-61-21-9-10-24-63(61)66-64(60)62)57-33-27-47(28-34-57)51-19-11-20-52(39-51)53-26-25-46-17-7-8-18-50(46)40-53/h1-43H. The van der Waals surface area contributed by atoms with Crippen molar-refractivity contribution in [2.24, 2.45) is 0 Å². The Balaban J connectivity index is 0.923. The molecule has 0 unspecified atom stereocenters. The molecule has 2 nitrogen and oxygen atoms in total. The summed E-state index contributed by atoms with van der Waals surface area (Å²) in [6, 6.07) is 93.9. The van der Waals surface area contributed by atoms with Gasteiger partial charge in [0.15, 0.2) is 0 Å². The zero-order valence-corrected chi connectivity index (χ0v) is 36.2. The summed E-state index contributed by atoms with van der Waals surface area (Å²) in [4.78, 5) is 2.35. The third-order valence-electron chi connectivity index (χ3n) is 12.9. The summed E-state index contributed by atoms with van der Waals surface area (Å²) in [5, 5.41) is 4.75. The SMILES string of the molecule is c1ccc(-c2cc(-c3ccccc3)cc(-c3ccc(N(c4ccc(-c5cccc(-c6ccc7ccccc7c6)c5)cc4)c4ccc(-c5cccc6c5oc5ccccc56)cc4)cc3)c2)cc1. The minimum Gasteiger partial charge on any atom is -0.455 e. The minimum absolute atomic E-state index is 0.901. The number of nitrogens with zero attached hydrogens (tertiary/aromatic N) is 1. The maximum absolute atomic E-state index is 6.45.